The molecule has 0 bridgehead atoms. The second-order valence-corrected chi connectivity index (χ2v) is 9.85. The van der Waals surface area contributed by atoms with Crippen LogP contribution >= 0.6 is 0 Å². The Balaban J connectivity index is 1.31. The molecule has 3 fully saturated rings. The fourth-order valence-electron chi connectivity index (χ4n) is 5.98. The Bertz CT molecular complexity index is 976. The van der Waals surface area contributed by atoms with Gasteiger partial charge in [0.25, 0.3) is 5.91 Å². The van der Waals surface area contributed by atoms with E-state index in [0.29, 0.717) is 29.0 Å². The zero-order chi connectivity index (χ0) is 21.9. The molecule has 8 nitrogen and oxygen atoms in total. The lowest BCUT2D eigenvalue weighted by Crippen LogP contribution is -2.64. The Morgan fingerprint density at radius 1 is 1.19 bits per heavy atom. The van der Waals surface area contributed by atoms with Crippen molar-refractivity contribution >= 4 is 24.0 Å². The van der Waals surface area contributed by atoms with E-state index in [4.69, 9.17) is 0 Å². The Morgan fingerprint density at radius 2 is 1.87 bits per heavy atom. The van der Waals surface area contributed by atoms with Gasteiger partial charge in [0.15, 0.2) is 6.29 Å². The number of nitrogens with one attached hydrogen (secondary N) is 1. The second-order valence-electron chi connectivity index (χ2n) is 9.85. The van der Waals surface area contributed by atoms with E-state index >= 15 is 0 Å². The fourth-order valence-corrected chi connectivity index (χ4v) is 5.98. The molecule has 1 aliphatic carbocycles. The van der Waals surface area contributed by atoms with Crippen LogP contribution in [0.3, 0.4) is 0 Å². The molecule has 8 heteroatoms. The first-order valence-electron chi connectivity index (χ1n) is 10.9. The second kappa shape index (κ2) is 7.24. The number of aldehydes is 1. The van der Waals surface area contributed by atoms with E-state index in [2.05, 4.69) is 22.2 Å². The number of carbonyl (C=O) groups is 4. The topological polar surface area (TPSA) is 90.0 Å². The molecule has 1 saturated carbocycles. The SMILES string of the molecule is CN1CC2(CC(N3Cc4cc(C=O)c(C(=O)N(C)C5CCC(=O)NC5=O)cc4C3)C2)C1. The molecular weight excluding hydrogens is 396 g/mol. The number of benzene rings is 1. The third-order valence-corrected chi connectivity index (χ3v) is 7.54. The first-order valence-corrected chi connectivity index (χ1v) is 10.9. The standard InChI is InChI=1S/C23H28N4O4/c1-25-12-23(13-25)7-17(8-23)27-9-14-5-16(11-28)18(6-15(14)10-27)22(31)26(2)19-3-4-20(29)24-21(19)30/h5-6,11,17,19H,3-4,7-10,12-13H2,1-2H3,(H,24,29,30). The number of nitrogens with zero attached hydrogens (tertiary/aromatic N) is 3. The highest BCUT2D eigenvalue weighted by atomic mass is 16.2. The van der Waals surface area contributed by atoms with Crippen molar-refractivity contribution in [3.63, 3.8) is 0 Å². The summed E-state index contributed by atoms with van der Waals surface area (Å²) in [6, 6.07) is 3.52. The Labute approximate surface area is 181 Å². The van der Waals surface area contributed by atoms with Gasteiger partial charge in [0, 0.05) is 51.3 Å². The first-order chi connectivity index (χ1) is 14.8. The van der Waals surface area contributed by atoms with E-state index in [1.807, 2.05) is 12.1 Å². The van der Waals surface area contributed by atoms with Crippen LogP contribution in [0.1, 0.15) is 57.5 Å². The van der Waals surface area contributed by atoms with Crippen molar-refractivity contribution in [1.29, 1.82) is 0 Å². The lowest BCUT2D eigenvalue weighted by Gasteiger charge is -2.60. The molecule has 1 aromatic rings. The monoisotopic (exact) mass is 424 g/mol. The molecule has 1 N–H and O–H groups in total. The maximum atomic E-state index is 13.2. The number of likely N-dealkylation sites (tertiary alicyclic amines) is 1. The summed E-state index contributed by atoms with van der Waals surface area (Å²) in [7, 11) is 3.72. The third-order valence-electron chi connectivity index (χ3n) is 7.54. The van der Waals surface area contributed by atoms with Gasteiger partial charge in [-0.3, -0.25) is 29.4 Å². The molecule has 31 heavy (non-hydrogen) atoms. The molecule has 3 heterocycles. The molecule has 2 saturated heterocycles. The van der Waals surface area contributed by atoms with Crippen LogP contribution in [-0.4, -0.2) is 78.0 Å². The average molecular weight is 425 g/mol. The quantitative estimate of drug-likeness (QED) is 0.568. The minimum atomic E-state index is -0.707. The molecule has 4 aliphatic rings. The van der Waals surface area contributed by atoms with Gasteiger partial charge in [0.2, 0.25) is 11.8 Å². The van der Waals surface area contributed by atoms with Crippen LogP contribution in [0.2, 0.25) is 0 Å². The summed E-state index contributed by atoms with van der Waals surface area (Å²) in [5.41, 5.74) is 3.38. The zero-order valence-electron chi connectivity index (χ0n) is 18.0. The summed E-state index contributed by atoms with van der Waals surface area (Å²) < 4.78 is 0. The Kier molecular flexibility index (Phi) is 4.75. The van der Waals surface area contributed by atoms with Crippen LogP contribution in [0, 0.1) is 5.41 Å². The lowest BCUT2D eigenvalue weighted by molar-refractivity contribution is -0.136. The molecule has 1 spiro atoms. The molecule has 164 valence electrons. The number of imide groups is 1. The lowest BCUT2D eigenvalue weighted by atomic mass is 9.60. The summed E-state index contributed by atoms with van der Waals surface area (Å²) in [6.07, 6.45) is 3.65. The zero-order valence-corrected chi connectivity index (χ0v) is 18.0. The molecule has 1 aromatic carbocycles. The van der Waals surface area contributed by atoms with Crippen molar-refractivity contribution in [3.05, 3.63) is 34.4 Å². The van der Waals surface area contributed by atoms with Gasteiger partial charge in [-0.15, -0.1) is 0 Å². The van der Waals surface area contributed by atoms with Crippen molar-refractivity contribution in [2.45, 2.75) is 50.9 Å². The predicted octanol–water partition coefficient (Wildman–Crippen LogP) is 0.786. The molecule has 1 atom stereocenters. The van der Waals surface area contributed by atoms with Gasteiger partial charge in [-0.05, 0) is 55.0 Å². The summed E-state index contributed by atoms with van der Waals surface area (Å²) in [5, 5.41) is 2.29. The number of hydrogen-bond acceptors (Lipinski definition) is 6. The number of hydrogen-bond donors (Lipinski definition) is 1. The third kappa shape index (κ3) is 3.38. The number of amides is 3. The maximum absolute atomic E-state index is 13.2. The summed E-state index contributed by atoms with van der Waals surface area (Å²) >= 11 is 0. The number of likely N-dealkylation sites (N-methyl/N-ethyl adjacent to an activating group) is 1. The van der Waals surface area contributed by atoms with Gasteiger partial charge in [0.05, 0.1) is 5.56 Å². The minimum Gasteiger partial charge on any atom is -0.330 e. The van der Waals surface area contributed by atoms with Crippen LogP contribution in [-0.2, 0) is 22.7 Å². The van der Waals surface area contributed by atoms with Crippen LogP contribution < -0.4 is 5.32 Å². The molecule has 3 amide bonds. The largest absolute Gasteiger partial charge is 0.330 e. The smallest absolute Gasteiger partial charge is 0.255 e. The van der Waals surface area contributed by atoms with Gasteiger partial charge < -0.3 is 9.80 Å². The van der Waals surface area contributed by atoms with E-state index in [9.17, 15) is 19.2 Å². The van der Waals surface area contributed by atoms with E-state index in [-0.39, 0.29) is 18.2 Å². The molecule has 1 unspecified atom stereocenters. The van der Waals surface area contributed by atoms with E-state index in [1.54, 1.807) is 7.05 Å². The molecule has 0 radical (unpaired) electrons. The number of carbonyl (C=O) groups excluding carboxylic acids is 4. The number of piperidine rings is 1. The predicted molar refractivity (Wildman–Crippen MR) is 112 cm³/mol. The summed E-state index contributed by atoms with van der Waals surface area (Å²) in [6.45, 7) is 3.97. The highest BCUT2D eigenvalue weighted by Gasteiger charge is 2.53. The van der Waals surface area contributed by atoms with Gasteiger partial charge in [-0.25, -0.2) is 0 Å². The van der Waals surface area contributed by atoms with Crippen molar-refractivity contribution < 1.29 is 19.2 Å². The number of rotatable bonds is 4. The molecule has 5 rings (SSSR count). The maximum Gasteiger partial charge on any atom is 0.255 e. The van der Waals surface area contributed by atoms with Crippen molar-refractivity contribution in [2.75, 3.05) is 27.2 Å². The van der Waals surface area contributed by atoms with Gasteiger partial charge >= 0.3 is 0 Å². The van der Waals surface area contributed by atoms with Crippen molar-refractivity contribution in [3.8, 4) is 0 Å². The normalized spacial score (nSPS) is 25.5. The van der Waals surface area contributed by atoms with E-state index in [1.165, 1.54) is 30.8 Å². The van der Waals surface area contributed by atoms with Crippen LogP contribution in [0.5, 0.6) is 0 Å². The minimum absolute atomic E-state index is 0.201. The van der Waals surface area contributed by atoms with E-state index in [0.717, 1.165) is 30.5 Å². The van der Waals surface area contributed by atoms with E-state index < -0.39 is 11.9 Å². The average Bonchev–Trinajstić information content (AvgIpc) is 3.09. The number of fused-ring (bicyclic) bond motifs is 1. The molecule has 3 aliphatic heterocycles. The van der Waals surface area contributed by atoms with Gasteiger partial charge in [-0.2, -0.15) is 0 Å². The first kappa shape index (κ1) is 20.3. The Hall–Kier alpha value is -2.58. The fraction of sp³-hybridized carbons (Fsp3) is 0.565. The summed E-state index contributed by atoms with van der Waals surface area (Å²) in [4.78, 5) is 54.7. The van der Waals surface area contributed by atoms with Gasteiger partial charge in [0.1, 0.15) is 6.04 Å². The molecule has 0 aromatic heterocycles. The van der Waals surface area contributed by atoms with Crippen LogP contribution in [0.4, 0.5) is 0 Å². The van der Waals surface area contributed by atoms with Crippen molar-refractivity contribution in [2.24, 2.45) is 5.41 Å². The highest BCUT2D eigenvalue weighted by Crippen LogP contribution is 2.51. The van der Waals surface area contributed by atoms with Crippen LogP contribution in [0.25, 0.3) is 0 Å². The van der Waals surface area contributed by atoms with Gasteiger partial charge in [-0.1, -0.05) is 0 Å². The highest BCUT2D eigenvalue weighted by molar-refractivity contribution is 6.06. The molecular formula is C23H28N4O4. The van der Waals surface area contributed by atoms with Crippen LogP contribution in [0.15, 0.2) is 12.1 Å². The summed E-state index contributed by atoms with van der Waals surface area (Å²) in [5.74, 6) is -1.15. The van der Waals surface area contributed by atoms with Crippen molar-refractivity contribution in [1.82, 2.24) is 20.0 Å². The Morgan fingerprint density at radius 3 is 2.48 bits per heavy atom.